The Bertz CT molecular complexity index is 682. The topological polar surface area (TPSA) is 71.2 Å². The van der Waals surface area contributed by atoms with E-state index in [1.165, 1.54) is 30.3 Å². The highest BCUT2D eigenvalue weighted by Crippen LogP contribution is 2.21. The SMILES string of the molecule is CCOc1ccc(NC(=O)c2cccc(=O)[nH]2)cc1F. The molecule has 2 aromatic rings. The number of carbonyl (C=O) groups is 1. The lowest BCUT2D eigenvalue weighted by Crippen LogP contribution is -2.17. The zero-order chi connectivity index (χ0) is 14.5. The van der Waals surface area contributed by atoms with Crippen molar-refractivity contribution < 1.29 is 13.9 Å². The molecule has 1 amide bonds. The number of H-pyrrole nitrogens is 1. The zero-order valence-electron chi connectivity index (χ0n) is 10.8. The largest absolute Gasteiger partial charge is 0.491 e. The van der Waals surface area contributed by atoms with Crippen LogP contribution in [0.15, 0.2) is 41.2 Å². The molecule has 1 aromatic heterocycles. The van der Waals surface area contributed by atoms with E-state index >= 15 is 0 Å². The van der Waals surface area contributed by atoms with Crippen molar-refractivity contribution in [1.29, 1.82) is 0 Å². The third-order valence-electron chi connectivity index (χ3n) is 2.50. The molecule has 0 saturated carbocycles. The summed E-state index contributed by atoms with van der Waals surface area (Å²) in [7, 11) is 0. The number of halogens is 1. The van der Waals surface area contributed by atoms with E-state index in [2.05, 4.69) is 10.3 Å². The molecule has 2 rings (SSSR count). The highest BCUT2D eigenvalue weighted by atomic mass is 19.1. The Morgan fingerprint density at radius 2 is 2.15 bits per heavy atom. The van der Waals surface area contributed by atoms with E-state index in [4.69, 9.17) is 4.74 Å². The van der Waals surface area contributed by atoms with Gasteiger partial charge in [0.2, 0.25) is 5.56 Å². The second-order valence-corrected chi connectivity index (χ2v) is 3.96. The molecule has 1 heterocycles. The van der Waals surface area contributed by atoms with Crippen molar-refractivity contribution in [3.8, 4) is 5.75 Å². The van der Waals surface area contributed by atoms with Crippen LogP contribution in [0, 0.1) is 5.82 Å². The van der Waals surface area contributed by atoms with E-state index in [0.717, 1.165) is 6.07 Å². The first-order valence-corrected chi connectivity index (χ1v) is 6.03. The van der Waals surface area contributed by atoms with Crippen LogP contribution >= 0.6 is 0 Å². The van der Waals surface area contributed by atoms with Crippen LogP contribution in [-0.4, -0.2) is 17.5 Å². The summed E-state index contributed by atoms with van der Waals surface area (Å²) in [5.74, 6) is -0.962. The number of aromatic nitrogens is 1. The Morgan fingerprint density at radius 3 is 2.80 bits per heavy atom. The molecule has 0 spiro atoms. The molecule has 6 heteroatoms. The lowest BCUT2D eigenvalue weighted by molar-refractivity contribution is 0.102. The van der Waals surface area contributed by atoms with E-state index in [-0.39, 0.29) is 22.7 Å². The van der Waals surface area contributed by atoms with Crippen molar-refractivity contribution in [3.05, 3.63) is 58.3 Å². The van der Waals surface area contributed by atoms with Gasteiger partial charge in [0.15, 0.2) is 11.6 Å². The van der Waals surface area contributed by atoms with Crippen molar-refractivity contribution in [2.75, 3.05) is 11.9 Å². The average molecular weight is 276 g/mol. The molecule has 1 aromatic carbocycles. The van der Waals surface area contributed by atoms with Gasteiger partial charge < -0.3 is 15.0 Å². The van der Waals surface area contributed by atoms with Crippen LogP contribution in [0.3, 0.4) is 0 Å². The van der Waals surface area contributed by atoms with E-state index in [1.54, 1.807) is 6.92 Å². The number of nitrogens with one attached hydrogen (secondary N) is 2. The summed E-state index contributed by atoms with van der Waals surface area (Å²) < 4.78 is 18.7. The molecule has 104 valence electrons. The Morgan fingerprint density at radius 1 is 1.35 bits per heavy atom. The van der Waals surface area contributed by atoms with Crippen LogP contribution in [-0.2, 0) is 0 Å². The number of pyridine rings is 1. The molecule has 2 N–H and O–H groups in total. The summed E-state index contributed by atoms with van der Waals surface area (Å²) in [5.41, 5.74) is 0.00275. The van der Waals surface area contributed by atoms with Gasteiger partial charge in [-0.2, -0.15) is 0 Å². The van der Waals surface area contributed by atoms with Gasteiger partial charge in [0.05, 0.1) is 6.61 Å². The minimum atomic E-state index is -0.564. The minimum Gasteiger partial charge on any atom is -0.491 e. The molecular weight excluding hydrogens is 263 g/mol. The molecule has 0 aliphatic carbocycles. The molecule has 0 aliphatic rings. The molecule has 0 radical (unpaired) electrons. The maximum atomic E-state index is 13.6. The predicted molar refractivity (Wildman–Crippen MR) is 72.6 cm³/mol. The van der Waals surface area contributed by atoms with Gasteiger partial charge in [-0.1, -0.05) is 6.07 Å². The third kappa shape index (κ3) is 3.23. The first kappa shape index (κ1) is 13.8. The molecule has 0 unspecified atom stereocenters. The van der Waals surface area contributed by atoms with Crippen molar-refractivity contribution in [1.82, 2.24) is 4.98 Å². The lowest BCUT2D eigenvalue weighted by atomic mass is 10.2. The predicted octanol–water partition coefficient (Wildman–Crippen LogP) is 2.17. The Kier molecular flexibility index (Phi) is 4.14. The molecule has 0 bridgehead atoms. The Labute approximate surface area is 114 Å². The maximum absolute atomic E-state index is 13.6. The van der Waals surface area contributed by atoms with Gasteiger partial charge in [0.25, 0.3) is 5.91 Å². The first-order valence-electron chi connectivity index (χ1n) is 6.03. The number of anilines is 1. The number of hydrogen-bond donors (Lipinski definition) is 2. The van der Waals surface area contributed by atoms with Gasteiger partial charge in [-0.3, -0.25) is 9.59 Å². The van der Waals surface area contributed by atoms with Gasteiger partial charge in [0.1, 0.15) is 5.69 Å². The highest BCUT2D eigenvalue weighted by Gasteiger charge is 2.09. The van der Waals surface area contributed by atoms with E-state index in [1.807, 2.05) is 0 Å². The molecule has 5 nitrogen and oxygen atoms in total. The number of benzene rings is 1. The number of amides is 1. The second-order valence-electron chi connectivity index (χ2n) is 3.96. The third-order valence-corrected chi connectivity index (χ3v) is 2.50. The summed E-state index contributed by atoms with van der Waals surface area (Å²) >= 11 is 0. The van der Waals surface area contributed by atoms with E-state index in [9.17, 15) is 14.0 Å². The van der Waals surface area contributed by atoms with Crippen molar-refractivity contribution >= 4 is 11.6 Å². The van der Waals surface area contributed by atoms with Gasteiger partial charge >= 0.3 is 0 Å². The molecule has 0 saturated heterocycles. The molecule has 0 atom stereocenters. The van der Waals surface area contributed by atoms with Crippen molar-refractivity contribution in [3.63, 3.8) is 0 Å². The molecule has 0 fully saturated rings. The quantitative estimate of drug-likeness (QED) is 0.899. The Balaban J connectivity index is 2.16. The number of ether oxygens (including phenoxy) is 1. The summed E-state index contributed by atoms with van der Waals surface area (Å²) in [5, 5.41) is 2.49. The second kappa shape index (κ2) is 6.01. The number of aromatic amines is 1. The van der Waals surface area contributed by atoms with Gasteiger partial charge in [-0.25, -0.2) is 4.39 Å². The lowest BCUT2D eigenvalue weighted by Gasteiger charge is -2.08. The number of carbonyl (C=O) groups excluding carboxylic acids is 1. The van der Waals surface area contributed by atoms with E-state index in [0.29, 0.717) is 6.61 Å². The molecular formula is C14H13FN2O3. The number of hydrogen-bond acceptors (Lipinski definition) is 3. The van der Waals surface area contributed by atoms with Crippen molar-refractivity contribution in [2.45, 2.75) is 6.92 Å². The van der Waals surface area contributed by atoms with Crippen LogP contribution in [0.1, 0.15) is 17.4 Å². The van der Waals surface area contributed by atoms with Gasteiger partial charge in [-0.15, -0.1) is 0 Å². The molecule has 0 aliphatic heterocycles. The van der Waals surface area contributed by atoms with Crippen molar-refractivity contribution in [2.24, 2.45) is 0 Å². The summed E-state index contributed by atoms with van der Waals surface area (Å²) in [6.45, 7) is 2.11. The van der Waals surface area contributed by atoms with Crippen LogP contribution in [0.4, 0.5) is 10.1 Å². The maximum Gasteiger partial charge on any atom is 0.272 e. The van der Waals surface area contributed by atoms with Crippen LogP contribution in [0.2, 0.25) is 0 Å². The zero-order valence-corrected chi connectivity index (χ0v) is 10.8. The highest BCUT2D eigenvalue weighted by molar-refractivity contribution is 6.02. The fourth-order valence-electron chi connectivity index (χ4n) is 1.63. The van der Waals surface area contributed by atoms with E-state index < -0.39 is 11.7 Å². The standard InChI is InChI=1S/C14H13FN2O3/c1-2-20-12-7-6-9(8-10(12)15)16-14(19)11-4-3-5-13(18)17-11/h3-8H,2H2,1H3,(H,16,19)(H,17,18). The molecule has 20 heavy (non-hydrogen) atoms. The summed E-state index contributed by atoms with van der Waals surface area (Å²) in [6.07, 6.45) is 0. The normalized spacial score (nSPS) is 10.1. The average Bonchev–Trinajstić information content (AvgIpc) is 2.42. The Hall–Kier alpha value is -2.63. The smallest absolute Gasteiger partial charge is 0.272 e. The fraction of sp³-hybridized carbons (Fsp3) is 0.143. The minimum absolute atomic E-state index is 0.104. The fourth-order valence-corrected chi connectivity index (χ4v) is 1.63. The van der Waals surface area contributed by atoms with Crippen LogP contribution < -0.4 is 15.6 Å². The summed E-state index contributed by atoms with van der Waals surface area (Å²) in [6, 6.07) is 8.33. The summed E-state index contributed by atoms with van der Waals surface area (Å²) in [4.78, 5) is 25.3. The van der Waals surface area contributed by atoms with Crippen LogP contribution in [0.25, 0.3) is 0 Å². The van der Waals surface area contributed by atoms with Gasteiger partial charge in [-0.05, 0) is 25.1 Å². The monoisotopic (exact) mass is 276 g/mol. The van der Waals surface area contributed by atoms with Crippen LogP contribution in [0.5, 0.6) is 5.75 Å². The first-order chi connectivity index (χ1) is 9.60. The number of rotatable bonds is 4. The van der Waals surface area contributed by atoms with Gasteiger partial charge in [0, 0.05) is 17.8 Å².